The van der Waals surface area contributed by atoms with E-state index in [1.165, 1.54) is 0 Å². The van der Waals surface area contributed by atoms with Crippen LogP contribution >= 0.6 is 0 Å². The number of rotatable bonds is 5. The van der Waals surface area contributed by atoms with Crippen molar-refractivity contribution in [1.82, 2.24) is 5.16 Å². The molecule has 0 saturated carbocycles. The Morgan fingerprint density at radius 2 is 2.44 bits per heavy atom. The predicted molar refractivity (Wildman–Crippen MR) is 57.0 cm³/mol. The van der Waals surface area contributed by atoms with E-state index in [2.05, 4.69) is 11.7 Å². The van der Waals surface area contributed by atoms with Crippen molar-refractivity contribution in [2.45, 2.75) is 26.4 Å². The van der Waals surface area contributed by atoms with Gasteiger partial charge in [0.2, 0.25) is 0 Å². The van der Waals surface area contributed by atoms with Gasteiger partial charge in [0.05, 0.1) is 6.61 Å². The van der Waals surface area contributed by atoms with Gasteiger partial charge in [0.15, 0.2) is 11.5 Å². The molecule has 0 saturated heterocycles. The minimum Gasteiger partial charge on any atom is -0.461 e. The first-order valence-electron chi connectivity index (χ1n) is 5.04. The maximum absolute atomic E-state index is 11.4. The number of hydrogen-bond acceptors (Lipinski definition) is 5. The third kappa shape index (κ3) is 2.49. The fourth-order valence-corrected chi connectivity index (χ4v) is 1.31. The third-order valence-electron chi connectivity index (χ3n) is 2.12. The van der Waals surface area contributed by atoms with Crippen LogP contribution in [0.25, 0.3) is 0 Å². The maximum atomic E-state index is 11.4. The summed E-state index contributed by atoms with van der Waals surface area (Å²) in [4.78, 5) is 11.4. The van der Waals surface area contributed by atoms with E-state index < -0.39 is 12.1 Å². The zero-order valence-electron chi connectivity index (χ0n) is 9.40. The van der Waals surface area contributed by atoms with Crippen molar-refractivity contribution in [2.24, 2.45) is 0 Å². The lowest BCUT2D eigenvalue weighted by molar-refractivity contribution is 0.0513. The lowest BCUT2D eigenvalue weighted by atomic mass is 10.1. The number of aliphatic hydroxyl groups excluding tert-OH is 1. The molecule has 0 aliphatic heterocycles. The summed E-state index contributed by atoms with van der Waals surface area (Å²) in [5.74, 6) is -0.260. The highest BCUT2D eigenvalue weighted by Gasteiger charge is 2.23. The van der Waals surface area contributed by atoms with E-state index >= 15 is 0 Å². The number of ether oxygens (including phenoxy) is 1. The molecule has 0 aromatic carbocycles. The highest BCUT2D eigenvalue weighted by Crippen LogP contribution is 2.23. The molecule has 0 aliphatic rings. The lowest BCUT2D eigenvalue weighted by Gasteiger charge is -2.03. The van der Waals surface area contributed by atoms with Crippen LogP contribution in [0.1, 0.15) is 41.3 Å². The minimum atomic E-state index is -0.826. The lowest BCUT2D eigenvalue weighted by Crippen LogP contribution is -2.07. The molecule has 0 unspecified atom stereocenters. The Balaban J connectivity index is 2.91. The van der Waals surface area contributed by atoms with Gasteiger partial charge in [-0.15, -0.1) is 6.58 Å². The predicted octanol–water partition coefficient (Wildman–Crippen LogP) is 1.77. The highest BCUT2D eigenvalue weighted by atomic mass is 16.5. The quantitative estimate of drug-likeness (QED) is 0.610. The second kappa shape index (κ2) is 5.46. The summed E-state index contributed by atoms with van der Waals surface area (Å²) in [6.07, 6.45) is 1.09. The summed E-state index contributed by atoms with van der Waals surface area (Å²) in [6.45, 7) is 7.15. The summed E-state index contributed by atoms with van der Waals surface area (Å²) < 4.78 is 9.73. The number of aromatic nitrogens is 1. The first-order chi connectivity index (χ1) is 7.61. The molecule has 1 aromatic rings. The second-order valence-corrected chi connectivity index (χ2v) is 3.28. The SMILES string of the molecule is C=CC[C@H](O)c1onc(C(=O)OCC)c1C. The van der Waals surface area contributed by atoms with Gasteiger partial charge < -0.3 is 14.4 Å². The van der Waals surface area contributed by atoms with Crippen molar-refractivity contribution in [3.63, 3.8) is 0 Å². The zero-order chi connectivity index (χ0) is 12.1. The van der Waals surface area contributed by atoms with Gasteiger partial charge in [-0.2, -0.15) is 0 Å². The molecule has 1 heterocycles. The summed E-state index contributed by atoms with van der Waals surface area (Å²) in [6, 6.07) is 0. The van der Waals surface area contributed by atoms with Gasteiger partial charge in [-0.1, -0.05) is 11.2 Å². The number of carbonyl (C=O) groups excluding carboxylic acids is 1. The van der Waals surface area contributed by atoms with E-state index in [4.69, 9.17) is 9.26 Å². The van der Waals surface area contributed by atoms with Gasteiger partial charge >= 0.3 is 5.97 Å². The van der Waals surface area contributed by atoms with Gasteiger partial charge in [0.25, 0.3) is 0 Å². The van der Waals surface area contributed by atoms with Crippen molar-refractivity contribution < 1.29 is 19.2 Å². The molecule has 5 heteroatoms. The van der Waals surface area contributed by atoms with Crippen LogP contribution in [-0.2, 0) is 4.74 Å². The Hall–Kier alpha value is -1.62. The normalized spacial score (nSPS) is 12.2. The molecule has 5 nitrogen and oxygen atoms in total. The molecule has 1 rings (SSSR count). The van der Waals surface area contributed by atoms with Gasteiger partial charge in [-0.05, 0) is 20.3 Å². The Kier molecular flexibility index (Phi) is 4.25. The standard InChI is InChI=1S/C11H15NO4/c1-4-6-8(13)10-7(3)9(12-16-10)11(14)15-5-2/h4,8,13H,1,5-6H2,2-3H3/t8-/m0/s1. The number of nitrogens with zero attached hydrogens (tertiary/aromatic N) is 1. The monoisotopic (exact) mass is 225 g/mol. The summed E-state index contributed by atoms with van der Waals surface area (Å²) in [5.41, 5.74) is 0.618. The summed E-state index contributed by atoms with van der Waals surface area (Å²) in [5, 5.41) is 13.3. The fraction of sp³-hybridized carbons (Fsp3) is 0.455. The van der Waals surface area contributed by atoms with Crippen molar-refractivity contribution in [3.8, 4) is 0 Å². The molecule has 1 aromatic heterocycles. The number of carbonyl (C=O) groups is 1. The van der Waals surface area contributed by atoms with Gasteiger partial charge in [0.1, 0.15) is 6.10 Å². The van der Waals surface area contributed by atoms with Crippen molar-refractivity contribution in [1.29, 1.82) is 0 Å². The van der Waals surface area contributed by atoms with Crippen LogP contribution in [0, 0.1) is 6.92 Å². The topological polar surface area (TPSA) is 72.6 Å². The van der Waals surface area contributed by atoms with Crippen LogP contribution in [0.2, 0.25) is 0 Å². The van der Waals surface area contributed by atoms with Gasteiger partial charge in [0, 0.05) is 5.56 Å². The molecular weight excluding hydrogens is 210 g/mol. The first kappa shape index (κ1) is 12.4. The summed E-state index contributed by atoms with van der Waals surface area (Å²) in [7, 11) is 0. The molecule has 0 aliphatic carbocycles. The second-order valence-electron chi connectivity index (χ2n) is 3.28. The molecule has 1 N–H and O–H groups in total. The number of aliphatic hydroxyl groups is 1. The maximum Gasteiger partial charge on any atom is 0.360 e. The molecule has 88 valence electrons. The Morgan fingerprint density at radius 3 is 3.00 bits per heavy atom. The smallest absolute Gasteiger partial charge is 0.360 e. The van der Waals surface area contributed by atoms with Gasteiger partial charge in [-0.25, -0.2) is 4.79 Å². The van der Waals surface area contributed by atoms with E-state index in [1.54, 1.807) is 19.9 Å². The van der Waals surface area contributed by atoms with Crippen molar-refractivity contribution in [3.05, 3.63) is 29.7 Å². The molecular formula is C11H15NO4. The molecule has 0 bridgehead atoms. The highest BCUT2D eigenvalue weighted by molar-refractivity contribution is 5.88. The molecule has 0 radical (unpaired) electrons. The Bertz CT molecular complexity index is 383. The number of esters is 1. The van der Waals surface area contributed by atoms with E-state index in [0.717, 1.165) is 0 Å². The average Bonchev–Trinajstić information content (AvgIpc) is 2.61. The minimum absolute atomic E-state index is 0.111. The zero-order valence-corrected chi connectivity index (χ0v) is 9.40. The van der Waals surface area contributed by atoms with Crippen LogP contribution < -0.4 is 0 Å². The molecule has 0 fully saturated rings. The Labute approximate surface area is 93.7 Å². The largest absolute Gasteiger partial charge is 0.461 e. The fourth-order valence-electron chi connectivity index (χ4n) is 1.31. The van der Waals surface area contributed by atoms with Crippen LogP contribution in [0.3, 0.4) is 0 Å². The molecule has 0 spiro atoms. The van der Waals surface area contributed by atoms with E-state index in [9.17, 15) is 9.90 Å². The van der Waals surface area contributed by atoms with Gasteiger partial charge in [-0.3, -0.25) is 0 Å². The van der Waals surface area contributed by atoms with E-state index in [0.29, 0.717) is 12.0 Å². The molecule has 16 heavy (non-hydrogen) atoms. The van der Waals surface area contributed by atoms with E-state index in [-0.39, 0.29) is 18.1 Å². The molecule has 0 amide bonds. The Morgan fingerprint density at radius 1 is 1.75 bits per heavy atom. The average molecular weight is 225 g/mol. The van der Waals surface area contributed by atoms with Crippen molar-refractivity contribution >= 4 is 5.97 Å². The van der Waals surface area contributed by atoms with Crippen molar-refractivity contribution in [2.75, 3.05) is 6.61 Å². The molecule has 1 atom stereocenters. The summed E-state index contributed by atoms with van der Waals surface area (Å²) >= 11 is 0. The number of hydrogen-bond donors (Lipinski definition) is 1. The van der Waals surface area contributed by atoms with Crippen LogP contribution in [0.4, 0.5) is 0 Å². The van der Waals surface area contributed by atoms with E-state index in [1.807, 2.05) is 0 Å². The van der Waals surface area contributed by atoms with Crippen LogP contribution in [0.5, 0.6) is 0 Å². The third-order valence-corrected chi connectivity index (χ3v) is 2.12. The first-order valence-corrected chi connectivity index (χ1v) is 5.04. The van der Waals surface area contributed by atoms with Crippen LogP contribution in [-0.4, -0.2) is 22.8 Å². The van der Waals surface area contributed by atoms with Crippen LogP contribution in [0.15, 0.2) is 17.2 Å².